The summed E-state index contributed by atoms with van der Waals surface area (Å²) in [7, 11) is -10.7. The van der Waals surface area contributed by atoms with E-state index in [0.717, 1.165) is 72.5 Å². The smallest absolute Gasteiger partial charge is 0.181 e. The molecule has 0 amide bonds. The molecule has 2 aliphatic carbocycles. The number of benzene rings is 20. The van der Waals surface area contributed by atoms with Gasteiger partial charge in [-0.2, -0.15) is 0 Å². The Morgan fingerprint density at radius 3 is 0.579 bits per heavy atom. The normalized spacial score (nSPS) is 13.2. The summed E-state index contributed by atoms with van der Waals surface area (Å²) in [6.45, 7) is 6.82. The monoisotopic (exact) mass is 1980 g/mol. The molecule has 140 heavy (non-hydrogen) atoms. The van der Waals surface area contributed by atoms with Crippen molar-refractivity contribution >= 4 is 138 Å². The van der Waals surface area contributed by atoms with Crippen LogP contribution in [0.4, 0.5) is 0 Å². The molecule has 2 aliphatic rings. The summed E-state index contributed by atoms with van der Waals surface area (Å²) in [6, 6.07) is 172. The fourth-order valence-corrected chi connectivity index (χ4v) is 33.1. The van der Waals surface area contributed by atoms with Crippen LogP contribution in [0.5, 0.6) is 0 Å². The number of hydrogen-bond acceptors (Lipinski definition) is 6. The number of rotatable bonds is 20. The van der Waals surface area contributed by atoms with E-state index in [-0.39, 0.29) is 70.4 Å². The molecule has 0 aromatic heterocycles. The Morgan fingerprint density at radius 1 is 0.186 bits per heavy atom. The van der Waals surface area contributed by atoms with Crippen LogP contribution in [0.2, 0.25) is 0 Å². The van der Waals surface area contributed by atoms with Gasteiger partial charge in [-0.05, 0) is 309 Å². The van der Waals surface area contributed by atoms with E-state index in [1.807, 2.05) is 109 Å². The molecule has 20 aromatic carbocycles. The molecule has 0 unspecified atom stereocenters. The molecule has 0 radical (unpaired) electrons. The summed E-state index contributed by atoms with van der Waals surface area (Å²) >= 11 is 0. The van der Waals surface area contributed by atoms with Crippen molar-refractivity contribution in [3.8, 4) is 0 Å². The summed E-state index contributed by atoms with van der Waals surface area (Å²) in [5.41, 5.74) is 1.53. The number of hydrogen-bond donors (Lipinski definition) is 0. The molecule has 2 fully saturated rings. The standard InChI is InChI=1S/C30H21S.C30H27S.C24H25O2S2.C23H23O2S2.C19H17O2S2/c1-4-10-25-19-28(16-13-22(25)7-1)31(29-17-14-23-8-2-5-11-26(23)20-29)30-18-15-24-9-3-6-12-27(24)21-30;1-30(2,3)26-14-18-27(19-15-26)31(28-16-12-22-8-4-6-10-24(22)20-28)29-17-13-23-9-5-7-11-25(23)21-29;25-28(26,23-14-8-3-9-15-23)24-18-16-22(17-19-24)27(20-10-4-1-5-11-20)21-12-6-2-7-13-21;24-27(25,22-13-7-8-14-22)23-17-15-21(16-18-23)26(19-9-3-1-4-10-19)20-11-5-2-6-12-20;1-23(20,21)19-14-12-18(13-15-19)22(16-8-4-2-5-9-16)17-10-6-3-7-11-17/h1-21H;4-21H,1-3H3;1-2,4-7,10-13,16-19,23H,3,8-9,14-15H2;1-6,9-12,15-18,22H,7-8,13-14H2;2-15H,1H3/q5*+1. The fourth-order valence-electron chi connectivity index (χ4n) is 18.3. The first-order valence-electron chi connectivity index (χ1n) is 47.8. The minimum Gasteiger partial charge on any atom is -0.224 e. The molecule has 14 heteroatoms. The van der Waals surface area contributed by atoms with Gasteiger partial charge in [0.1, 0.15) is 0 Å². The molecule has 696 valence electrons. The van der Waals surface area contributed by atoms with Gasteiger partial charge in [-0.15, -0.1) is 0 Å². The van der Waals surface area contributed by atoms with Crippen molar-refractivity contribution in [3.63, 3.8) is 0 Å². The molecular formula is C126H113O6S8+5. The van der Waals surface area contributed by atoms with Gasteiger partial charge in [-0.25, -0.2) is 25.3 Å². The molecular weight excluding hydrogens is 1870 g/mol. The SMILES string of the molecule is CC(C)(C)c1ccc([S+](c2ccc3ccccc3c2)c2ccc3ccccc3c2)cc1.CS(=O)(=O)c1ccc([S+](c2ccccc2)c2ccccc2)cc1.O=S(=O)(c1ccc([S+](c2ccccc2)c2ccccc2)cc1)C1CCCC1.O=S(=O)(c1ccc([S+](c2ccccc2)c2ccccc2)cc1)C1CCCCC1.c1ccc2cc([S+](c3ccc4ccccc4c3)c3ccc4ccccc4c3)ccc2c1. The first kappa shape index (κ1) is 97.5. The molecule has 6 nitrogen and oxygen atoms in total. The first-order chi connectivity index (χ1) is 68.2. The Labute approximate surface area is 841 Å². The maximum absolute atomic E-state index is 13.0. The van der Waals surface area contributed by atoms with Crippen molar-refractivity contribution in [1.82, 2.24) is 0 Å². The van der Waals surface area contributed by atoms with E-state index in [1.54, 1.807) is 24.3 Å². The van der Waals surface area contributed by atoms with Crippen LogP contribution in [0.25, 0.3) is 53.9 Å². The third-order valence-electron chi connectivity index (χ3n) is 25.6. The lowest BCUT2D eigenvalue weighted by Crippen LogP contribution is -2.24. The zero-order valence-electron chi connectivity index (χ0n) is 79.0. The van der Waals surface area contributed by atoms with Crippen molar-refractivity contribution < 1.29 is 25.3 Å². The van der Waals surface area contributed by atoms with E-state index in [9.17, 15) is 25.3 Å². The summed E-state index contributed by atoms with van der Waals surface area (Å²) < 4.78 is 75.0. The van der Waals surface area contributed by atoms with Crippen LogP contribution in [0.15, 0.2) is 579 Å². The Balaban J connectivity index is 0.000000116. The van der Waals surface area contributed by atoms with Gasteiger partial charge < -0.3 is 0 Å². The summed E-state index contributed by atoms with van der Waals surface area (Å²) in [5.74, 6) is 0. The number of fused-ring (bicyclic) bond motifs is 5. The quantitative estimate of drug-likeness (QED) is 0.0705. The van der Waals surface area contributed by atoms with Crippen LogP contribution in [0.1, 0.15) is 84.1 Å². The van der Waals surface area contributed by atoms with Crippen LogP contribution < -0.4 is 0 Å². The molecule has 20 aromatic rings. The van der Waals surface area contributed by atoms with Gasteiger partial charge in [0.15, 0.2) is 103 Å². The highest BCUT2D eigenvalue weighted by Crippen LogP contribution is 2.43. The zero-order valence-corrected chi connectivity index (χ0v) is 85.5. The van der Waals surface area contributed by atoms with E-state index in [2.05, 4.69) is 379 Å². The summed E-state index contributed by atoms with van der Waals surface area (Å²) in [4.78, 5) is 20.1. The van der Waals surface area contributed by atoms with E-state index in [4.69, 9.17) is 0 Å². The zero-order chi connectivity index (χ0) is 96.4. The second kappa shape index (κ2) is 45.3. The Kier molecular flexibility index (Phi) is 31.5. The lowest BCUT2D eigenvalue weighted by molar-refractivity contribution is 0.483. The lowest BCUT2D eigenvalue weighted by atomic mass is 9.87. The Hall–Kier alpha value is -12.7. The highest BCUT2D eigenvalue weighted by molar-refractivity contribution is 7.98. The molecule has 0 aliphatic heterocycles. The molecule has 0 heterocycles. The molecule has 0 atom stereocenters. The van der Waals surface area contributed by atoms with Crippen LogP contribution in [0, 0.1) is 0 Å². The minimum atomic E-state index is -3.23. The Morgan fingerprint density at radius 2 is 0.357 bits per heavy atom. The minimum absolute atomic E-state index is 0.156. The Bertz CT molecular complexity index is 7540. The number of sulfone groups is 3. The highest BCUT2D eigenvalue weighted by atomic mass is 32.2. The van der Waals surface area contributed by atoms with Crippen LogP contribution in [0.3, 0.4) is 0 Å². The van der Waals surface area contributed by atoms with E-state index in [0.29, 0.717) is 14.7 Å². The van der Waals surface area contributed by atoms with E-state index in [1.165, 1.54) is 124 Å². The van der Waals surface area contributed by atoms with Crippen LogP contribution in [-0.4, -0.2) is 42.0 Å². The molecule has 0 saturated heterocycles. The predicted molar refractivity (Wildman–Crippen MR) is 590 cm³/mol. The van der Waals surface area contributed by atoms with Gasteiger partial charge in [0.2, 0.25) is 0 Å². The average Bonchev–Trinajstić information content (AvgIpc) is 1.03. The third kappa shape index (κ3) is 23.6. The van der Waals surface area contributed by atoms with Gasteiger partial charge in [-0.1, -0.05) is 296 Å². The largest absolute Gasteiger partial charge is 0.224 e. The van der Waals surface area contributed by atoms with Gasteiger partial charge in [0, 0.05) is 36.6 Å². The van der Waals surface area contributed by atoms with E-state index < -0.39 is 29.5 Å². The first-order valence-corrected chi connectivity index (χ1v) is 58.9. The third-order valence-corrected chi connectivity index (χ3v) is 42.4. The van der Waals surface area contributed by atoms with Gasteiger partial charge in [0.05, 0.1) is 79.7 Å². The van der Waals surface area contributed by atoms with Gasteiger partial charge in [0.25, 0.3) is 0 Å². The fraction of sp³-hybridized carbons (Fsp3) is 0.127. The van der Waals surface area contributed by atoms with Crippen molar-refractivity contribution in [2.75, 3.05) is 6.26 Å². The predicted octanol–water partition coefficient (Wildman–Crippen LogP) is 32.2. The topological polar surface area (TPSA) is 102 Å². The lowest BCUT2D eigenvalue weighted by Gasteiger charge is -2.21. The van der Waals surface area contributed by atoms with Gasteiger partial charge in [-0.3, -0.25) is 0 Å². The second-order valence-electron chi connectivity index (χ2n) is 36.2. The molecule has 0 spiro atoms. The van der Waals surface area contributed by atoms with Crippen molar-refractivity contribution in [3.05, 3.63) is 497 Å². The molecule has 0 bridgehead atoms. The molecule has 0 N–H and O–H groups in total. The van der Waals surface area contributed by atoms with Crippen LogP contribution in [-0.2, 0) is 89.4 Å². The van der Waals surface area contributed by atoms with E-state index >= 15 is 0 Å². The maximum atomic E-state index is 13.0. The van der Waals surface area contributed by atoms with Crippen molar-refractivity contribution in [2.24, 2.45) is 0 Å². The molecule has 2 saturated carbocycles. The molecule has 22 rings (SSSR count). The summed E-state index contributed by atoms with van der Waals surface area (Å²) in [5, 5.41) is 12.5. The van der Waals surface area contributed by atoms with Crippen molar-refractivity contribution in [2.45, 2.75) is 183 Å². The average molecular weight is 1980 g/mol. The van der Waals surface area contributed by atoms with Crippen LogP contribution >= 0.6 is 0 Å². The maximum Gasteiger partial charge on any atom is 0.181 e. The highest BCUT2D eigenvalue weighted by Gasteiger charge is 2.38. The van der Waals surface area contributed by atoms with Crippen molar-refractivity contribution in [1.29, 1.82) is 0 Å². The van der Waals surface area contributed by atoms with Gasteiger partial charge >= 0.3 is 0 Å². The second-order valence-corrected chi connectivity index (χ2v) is 52.8. The summed E-state index contributed by atoms with van der Waals surface area (Å²) in [6.07, 6.45) is 9.65.